The van der Waals surface area contributed by atoms with E-state index >= 15 is 0 Å². The van der Waals surface area contributed by atoms with Crippen LogP contribution >= 0.6 is 0 Å². The molecule has 2 aliphatic rings. The molecule has 2 amide bonds. The monoisotopic (exact) mass is 378 g/mol. The van der Waals surface area contributed by atoms with E-state index in [9.17, 15) is 9.59 Å². The van der Waals surface area contributed by atoms with Gasteiger partial charge in [0.05, 0.1) is 11.8 Å². The van der Waals surface area contributed by atoms with Gasteiger partial charge in [0.1, 0.15) is 11.5 Å². The molecule has 0 aromatic heterocycles. The van der Waals surface area contributed by atoms with Crippen LogP contribution in [0.25, 0.3) is 0 Å². The van der Waals surface area contributed by atoms with Gasteiger partial charge in [0.25, 0.3) is 0 Å². The summed E-state index contributed by atoms with van der Waals surface area (Å²) < 4.78 is 5.76. The van der Waals surface area contributed by atoms with Crippen molar-refractivity contribution >= 4 is 17.5 Å². The lowest BCUT2D eigenvalue weighted by Gasteiger charge is -2.20. The highest BCUT2D eigenvalue weighted by Gasteiger charge is 2.49. The first-order valence-electron chi connectivity index (χ1n) is 10.1. The molecule has 5 heteroatoms. The molecule has 5 nitrogen and oxygen atoms in total. The van der Waals surface area contributed by atoms with Crippen molar-refractivity contribution in [3.8, 4) is 11.5 Å². The molecule has 2 aromatic rings. The number of anilines is 1. The minimum atomic E-state index is -0.198. The van der Waals surface area contributed by atoms with Crippen LogP contribution in [0.2, 0.25) is 0 Å². The number of hydrogen-bond acceptors (Lipinski definition) is 3. The SMILES string of the molecule is O=C(Nc1ccc(Oc2ccccc2)cc1)C1CC1C(=O)N1CCCCCC1. The quantitative estimate of drug-likeness (QED) is 0.836. The Kier molecular flexibility index (Phi) is 5.60. The molecule has 146 valence electrons. The van der Waals surface area contributed by atoms with Gasteiger partial charge in [0, 0.05) is 18.8 Å². The van der Waals surface area contributed by atoms with E-state index in [1.807, 2.05) is 59.5 Å². The van der Waals surface area contributed by atoms with Gasteiger partial charge < -0.3 is 15.0 Å². The number of hydrogen-bond donors (Lipinski definition) is 1. The van der Waals surface area contributed by atoms with Crippen molar-refractivity contribution in [1.82, 2.24) is 4.90 Å². The van der Waals surface area contributed by atoms with Crippen LogP contribution in [0.4, 0.5) is 5.69 Å². The molecule has 1 saturated carbocycles. The summed E-state index contributed by atoms with van der Waals surface area (Å²) in [5.41, 5.74) is 0.721. The Morgan fingerprint density at radius 1 is 0.821 bits per heavy atom. The average Bonchev–Trinajstić information content (AvgIpc) is 3.54. The van der Waals surface area contributed by atoms with Crippen molar-refractivity contribution in [1.29, 1.82) is 0 Å². The molecule has 0 bridgehead atoms. The lowest BCUT2D eigenvalue weighted by atomic mass is 10.2. The second-order valence-corrected chi connectivity index (χ2v) is 7.62. The summed E-state index contributed by atoms with van der Waals surface area (Å²) in [5, 5.41) is 2.93. The molecule has 1 N–H and O–H groups in total. The Labute approximate surface area is 165 Å². The highest BCUT2D eigenvalue weighted by Crippen LogP contribution is 2.41. The molecule has 0 radical (unpaired) electrons. The molecule has 2 aromatic carbocycles. The van der Waals surface area contributed by atoms with E-state index in [-0.39, 0.29) is 23.7 Å². The Morgan fingerprint density at radius 3 is 2.14 bits per heavy atom. The second kappa shape index (κ2) is 8.46. The van der Waals surface area contributed by atoms with Crippen molar-refractivity contribution in [3.63, 3.8) is 0 Å². The maximum absolute atomic E-state index is 12.6. The molecular formula is C23H26N2O3. The van der Waals surface area contributed by atoms with Gasteiger partial charge in [0.2, 0.25) is 11.8 Å². The number of rotatable bonds is 5. The van der Waals surface area contributed by atoms with Crippen LogP contribution in [-0.2, 0) is 9.59 Å². The Morgan fingerprint density at radius 2 is 1.46 bits per heavy atom. The van der Waals surface area contributed by atoms with Gasteiger partial charge in [-0.1, -0.05) is 31.0 Å². The van der Waals surface area contributed by atoms with E-state index in [1.165, 1.54) is 12.8 Å². The summed E-state index contributed by atoms with van der Waals surface area (Å²) in [6.45, 7) is 1.68. The first-order chi connectivity index (χ1) is 13.7. The van der Waals surface area contributed by atoms with Crippen molar-refractivity contribution in [2.75, 3.05) is 18.4 Å². The van der Waals surface area contributed by atoms with Gasteiger partial charge in [-0.05, 0) is 55.7 Å². The molecule has 1 aliphatic heterocycles. The molecule has 2 atom stereocenters. The second-order valence-electron chi connectivity index (χ2n) is 7.62. The number of carbonyl (C=O) groups is 2. The average molecular weight is 378 g/mol. The summed E-state index contributed by atoms with van der Waals surface area (Å²) in [5.74, 6) is 1.24. The number of carbonyl (C=O) groups excluding carboxylic acids is 2. The first-order valence-corrected chi connectivity index (χ1v) is 10.1. The van der Waals surface area contributed by atoms with Crippen LogP contribution in [0.3, 0.4) is 0 Å². The van der Waals surface area contributed by atoms with Gasteiger partial charge in [-0.3, -0.25) is 9.59 Å². The third-order valence-corrected chi connectivity index (χ3v) is 5.46. The fourth-order valence-corrected chi connectivity index (χ4v) is 3.75. The largest absolute Gasteiger partial charge is 0.457 e. The minimum absolute atomic E-state index is 0.0649. The van der Waals surface area contributed by atoms with Gasteiger partial charge >= 0.3 is 0 Å². The normalized spacial score (nSPS) is 21.5. The first kappa shape index (κ1) is 18.5. The van der Waals surface area contributed by atoms with E-state index in [1.54, 1.807) is 0 Å². The molecule has 2 fully saturated rings. The zero-order chi connectivity index (χ0) is 19.3. The summed E-state index contributed by atoms with van der Waals surface area (Å²) in [6, 6.07) is 16.9. The lowest BCUT2D eigenvalue weighted by molar-refractivity contribution is -0.134. The van der Waals surface area contributed by atoms with Gasteiger partial charge in [-0.2, -0.15) is 0 Å². The molecular weight excluding hydrogens is 352 g/mol. The predicted octanol–water partition coefficient (Wildman–Crippen LogP) is 4.46. The number of ether oxygens (including phenoxy) is 1. The number of nitrogens with one attached hydrogen (secondary N) is 1. The molecule has 1 aliphatic carbocycles. The molecule has 0 spiro atoms. The van der Waals surface area contributed by atoms with Crippen LogP contribution in [0.15, 0.2) is 54.6 Å². The van der Waals surface area contributed by atoms with E-state index in [0.717, 1.165) is 37.4 Å². The fraction of sp³-hybridized carbons (Fsp3) is 0.391. The topological polar surface area (TPSA) is 58.6 Å². The summed E-state index contributed by atoms with van der Waals surface area (Å²) in [4.78, 5) is 27.1. The molecule has 2 unspecified atom stereocenters. The van der Waals surface area contributed by atoms with Crippen LogP contribution in [-0.4, -0.2) is 29.8 Å². The third-order valence-electron chi connectivity index (χ3n) is 5.46. The maximum Gasteiger partial charge on any atom is 0.228 e. The van der Waals surface area contributed by atoms with Crippen molar-refractivity contribution in [2.24, 2.45) is 11.8 Å². The van der Waals surface area contributed by atoms with Crippen LogP contribution in [0, 0.1) is 11.8 Å². The predicted molar refractivity (Wildman–Crippen MR) is 108 cm³/mol. The highest BCUT2D eigenvalue weighted by molar-refractivity contribution is 5.99. The van der Waals surface area contributed by atoms with E-state index in [2.05, 4.69) is 5.32 Å². The summed E-state index contributed by atoms with van der Waals surface area (Å²) in [7, 11) is 0. The van der Waals surface area contributed by atoms with E-state index in [0.29, 0.717) is 12.2 Å². The molecule has 28 heavy (non-hydrogen) atoms. The fourth-order valence-electron chi connectivity index (χ4n) is 3.75. The number of amides is 2. The van der Waals surface area contributed by atoms with Crippen molar-refractivity contribution in [3.05, 3.63) is 54.6 Å². The van der Waals surface area contributed by atoms with Gasteiger partial charge in [-0.25, -0.2) is 0 Å². The maximum atomic E-state index is 12.6. The Balaban J connectivity index is 1.29. The zero-order valence-corrected chi connectivity index (χ0v) is 16.0. The number of likely N-dealkylation sites (tertiary alicyclic amines) is 1. The molecule has 1 saturated heterocycles. The third kappa shape index (κ3) is 4.53. The standard InChI is InChI=1S/C23H26N2O3/c26-22(20-16-21(20)23(27)25-14-6-1-2-7-15-25)24-17-10-12-19(13-11-17)28-18-8-4-3-5-9-18/h3-5,8-13,20-21H,1-2,6-7,14-16H2,(H,24,26). The van der Waals surface area contributed by atoms with Crippen molar-refractivity contribution in [2.45, 2.75) is 32.1 Å². The Hall–Kier alpha value is -2.82. The summed E-state index contributed by atoms with van der Waals surface area (Å²) in [6.07, 6.45) is 5.21. The smallest absolute Gasteiger partial charge is 0.228 e. The summed E-state index contributed by atoms with van der Waals surface area (Å²) >= 11 is 0. The van der Waals surface area contributed by atoms with Crippen molar-refractivity contribution < 1.29 is 14.3 Å². The van der Waals surface area contributed by atoms with E-state index in [4.69, 9.17) is 4.74 Å². The zero-order valence-electron chi connectivity index (χ0n) is 16.0. The van der Waals surface area contributed by atoms with Crippen LogP contribution in [0.1, 0.15) is 32.1 Å². The highest BCUT2D eigenvalue weighted by atomic mass is 16.5. The Bertz CT molecular complexity index is 812. The van der Waals surface area contributed by atoms with Gasteiger partial charge in [-0.15, -0.1) is 0 Å². The minimum Gasteiger partial charge on any atom is -0.457 e. The van der Waals surface area contributed by atoms with Crippen LogP contribution in [0.5, 0.6) is 11.5 Å². The molecule has 4 rings (SSSR count). The number of nitrogens with zero attached hydrogens (tertiary/aromatic N) is 1. The number of para-hydroxylation sites is 1. The lowest BCUT2D eigenvalue weighted by Crippen LogP contribution is -2.34. The molecule has 1 heterocycles. The van der Waals surface area contributed by atoms with E-state index < -0.39 is 0 Å². The van der Waals surface area contributed by atoms with Gasteiger partial charge in [0.15, 0.2) is 0 Å². The van der Waals surface area contributed by atoms with Crippen LogP contribution < -0.4 is 10.1 Å². The number of benzene rings is 2.